The van der Waals surface area contributed by atoms with Crippen molar-refractivity contribution in [2.24, 2.45) is 5.92 Å². The Bertz CT molecular complexity index is 357. The van der Waals surface area contributed by atoms with Gasteiger partial charge in [-0.25, -0.2) is 4.79 Å². The molecule has 4 nitrogen and oxygen atoms in total. The van der Waals surface area contributed by atoms with Crippen molar-refractivity contribution in [1.82, 2.24) is 5.32 Å². The van der Waals surface area contributed by atoms with Crippen molar-refractivity contribution >= 4 is 5.97 Å². The Balaban J connectivity index is 2.68. The fourth-order valence-electron chi connectivity index (χ4n) is 1.68. The molecule has 0 radical (unpaired) electrons. The molecule has 17 heavy (non-hydrogen) atoms. The third-order valence-electron chi connectivity index (χ3n) is 2.74. The van der Waals surface area contributed by atoms with Crippen LogP contribution in [0.5, 0.6) is 0 Å². The normalized spacial score (nSPS) is 12.8. The Morgan fingerprint density at radius 2 is 2.12 bits per heavy atom. The molecule has 1 aromatic rings. The fraction of sp³-hybridized carbons (Fsp3) is 0.615. The molecule has 0 aliphatic rings. The molecule has 4 heteroatoms. The van der Waals surface area contributed by atoms with Crippen molar-refractivity contribution in [1.29, 1.82) is 0 Å². The van der Waals surface area contributed by atoms with E-state index in [1.807, 2.05) is 13.1 Å². The molecule has 0 bridgehead atoms. The molecule has 0 saturated carbocycles. The van der Waals surface area contributed by atoms with Crippen LogP contribution in [0.25, 0.3) is 0 Å². The van der Waals surface area contributed by atoms with Gasteiger partial charge in [0.05, 0.1) is 13.2 Å². The number of ether oxygens (including phenoxy) is 1. The highest BCUT2D eigenvalue weighted by molar-refractivity contribution is 5.86. The minimum atomic E-state index is -0.435. The molecular formula is C13H21NO3. The van der Waals surface area contributed by atoms with Gasteiger partial charge in [-0.2, -0.15) is 0 Å². The van der Waals surface area contributed by atoms with Gasteiger partial charge in [-0.15, -0.1) is 0 Å². The summed E-state index contributed by atoms with van der Waals surface area (Å²) in [6.45, 7) is 4.38. The largest absolute Gasteiger partial charge is 0.463 e. The van der Waals surface area contributed by atoms with E-state index in [0.29, 0.717) is 5.92 Å². The van der Waals surface area contributed by atoms with E-state index in [9.17, 15) is 4.79 Å². The first-order valence-electron chi connectivity index (χ1n) is 5.93. The van der Waals surface area contributed by atoms with Crippen LogP contribution in [0.2, 0.25) is 0 Å². The summed E-state index contributed by atoms with van der Waals surface area (Å²) in [5.41, 5.74) is 0. The predicted octanol–water partition coefficient (Wildman–Crippen LogP) is 2.76. The number of esters is 1. The number of carbonyl (C=O) groups is 1. The summed E-state index contributed by atoms with van der Waals surface area (Å²) < 4.78 is 10.1. The molecule has 1 aromatic heterocycles. The van der Waals surface area contributed by atoms with Gasteiger partial charge in [-0.05, 0) is 37.9 Å². The molecule has 0 saturated heterocycles. The lowest BCUT2D eigenvalue weighted by atomic mass is 10.0. The Hall–Kier alpha value is -1.29. The summed E-state index contributed by atoms with van der Waals surface area (Å²) >= 11 is 0. The number of hydrogen-bond donors (Lipinski definition) is 1. The zero-order valence-electron chi connectivity index (χ0n) is 10.9. The molecule has 0 aliphatic carbocycles. The van der Waals surface area contributed by atoms with Crippen molar-refractivity contribution < 1.29 is 13.9 Å². The summed E-state index contributed by atoms with van der Waals surface area (Å²) in [5.74, 6) is 1.26. The van der Waals surface area contributed by atoms with Gasteiger partial charge < -0.3 is 14.5 Å². The lowest BCUT2D eigenvalue weighted by Crippen LogP contribution is -2.16. The monoisotopic (exact) mass is 239 g/mol. The van der Waals surface area contributed by atoms with E-state index >= 15 is 0 Å². The minimum absolute atomic E-state index is 0.149. The summed E-state index contributed by atoms with van der Waals surface area (Å²) in [7, 11) is 3.24. The van der Waals surface area contributed by atoms with E-state index in [0.717, 1.165) is 18.6 Å². The second kappa shape index (κ2) is 6.45. The molecule has 0 fully saturated rings. The van der Waals surface area contributed by atoms with Crippen LogP contribution in [0.15, 0.2) is 16.5 Å². The number of hydrogen-bond acceptors (Lipinski definition) is 4. The van der Waals surface area contributed by atoms with Crippen LogP contribution in [0, 0.1) is 5.92 Å². The highest BCUT2D eigenvalue weighted by atomic mass is 16.5. The molecule has 0 spiro atoms. The van der Waals surface area contributed by atoms with Gasteiger partial charge in [0.15, 0.2) is 0 Å². The number of furan rings is 1. The zero-order chi connectivity index (χ0) is 12.8. The lowest BCUT2D eigenvalue weighted by Gasteiger charge is -2.14. The van der Waals surface area contributed by atoms with Crippen LogP contribution < -0.4 is 5.32 Å². The highest BCUT2D eigenvalue weighted by Crippen LogP contribution is 2.23. The van der Waals surface area contributed by atoms with Crippen LogP contribution in [0.3, 0.4) is 0 Å². The van der Waals surface area contributed by atoms with Gasteiger partial charge in [-0.1, -0.05) is 13.8 Å². The van der Waals surface area contributed by atoms with Crippen molar-refractivity contribution in [2.75, 3.05) is 14.2 Å². The van der Waals surface area contributed by atoms with Crippen LogP contribution in [-0.4, -0.2) is 20.1 Å². The molecule has 1 heterocycles. The van der Waals surface area contributed by atoms with Gasteiger partial charge in [0.1, 0.15) is 5.76 Å². The molecule has 0 aliphatic heterocycles. The van der Waals surface area contributed by atoms with Crippen LogP contribution in [-0.2, 0) is 4.74 Å². The molecule has 96 valence electrons. The van der Waals surface area contributed by atoms with Crippen molar-refractivity contribution in [3.63, 3.8) is 0 Å². The first-order valence-corrected chi connectivity index (χ1v) is 5.93. The van der Waals surface area contributed by atoms with Crippen molar-refractivity contribution in [3.05, 3.63) is 23.7 Å². The second-order valence-corrected chi connectivity index (χ2v) is 4.51. The van der Waals surface area contributed by atoms with Crippen LogP contribution in [0.1, 0.15) is 49.0 Å². The quantitative estimate of drug-likeness (QED) is 0.775. The van der Waals surface area contributed by atoms with E-state index in [1.165, 1.54) is 7.11 Å². The molecule has 1 atom stereocenters. The SMILES string of the molecule is CNC(CCC(C)C)c1ccc(C(=O)OC)o1. The maximum absolute atomic E-state index is 11.3. The fourth-order valence-corrected chi connectivity index (χ4v) is 1.68. The van der Waals surface area contributed by atoms with Gasteiger partial charge >= 0.3 is 5.97 Å². The van der Waals surface area contributed by atoms with Crippen LogP contribution >= 0.6 is 0 Å². The Kier molecular flexibility index (Phi) is 5.22. The topological polar surface area (TPSA) is 51.5 Å². The van der Waals surface area contributed by atoms with E-state index < -0.39 is 5.97 Å². The first kappa shape index (κ1) is 13.8. The second-order valence-electron chi connectivity index (χ2n) is 4.51. The zero-order valence-corrected chi connectivity index (χ0v) is 10.9. The number of nitrogens with one attached hydrogen (secondary N) is 1. The minimum Gasteiger partial charge on any atom is -0.463 e. The number of carbonyl (C=O) groups excluding carboxylic acids is 1. The highest BCUT2D eigenvalue weighted by Gasteiger charge is 2.17. The summed E-state index contributed by atoms with van der Waals surface area (Å²) in [6.07, 6.45) is 2.10. The first-order chi connectivity index (χ1) is 8.08. The van der Waals surface area contributed by atoms with Crippen molar-refractivity contribution in [3.8, 4) is 0 Å². The summed E-state index contributed by atoms with van der Waals surface area (Å²) in [6, 6.07) is 3.63. The average molecular weight is 239 g/mol. The molecule has 1 N–H and O–H groups in total. The van der Waals surface area contributed by atoms with Gasteiger partial charge in [-0.3, -0.25) is 0 Å². The molecule has 1 unspecified atom stereocenters. The van der Waals surface area contributed by atoms with E-state index in [4.69, 9.17) is 4.42 Å². The van der Waals surface area contributed by atoms with Crippen molar-refractivity contribution in [2.45, 2.75) is 32.7 Å². The number of methoxy groups -OCH3 is 1. The standard InChI is InChI=1S/C13H21NO3/c1-9(2)5-6-10(14-3)11-7-8-12(17-11)13(15)16-4/h7-10,14H,5-6H2,1-4H3. The third-order valence-corrected chi connectivity index (χ3v) is 2.74. The van der Waals surface area contributed by atoms with E-state index in [1.54, 1.807) is 6.07 Å². The number of rotatable bonds is 6. The third kappa shape index (κ3) is 3.89. The predicted molar refractivity (Wildman–Crippen MR) is 65.9 cm³/mol. The van der Waals surface area contributed by atoms with Gasteiger partial charge in [0.25, 0.3) is 0 Å². The van der Waals surface area contributed by atoms with Gasteiger partial charge in [0, 0.05) is 0 Å². The summed E-state index contributed by atoms with van der Waals surface area (Å²) in [4.78, 5) is 11.3. The van der Waals surface area contributed by atoms with E-state index in [-0.39, 0.29) is 11.8 Å². The molecule has 1 rings (SSSR count). The average Bonchev–Trinajstić information content (AvgIpc) is 2.78. The van der Waals surface area contributed by atoms with Gasteiger partial charge in [0.2, 0.25) is 5.76 Å². The summed E-state index contributed by atoms with van der Waals surface area (Å²) in [5, 5.41) is 3.20. The Labute approximate surface area is 102 Å². The Morgan fingerprint density at radius 3 is 2.65 bits per heavy atom. The maximum atomic E-state index is 11.3. The molecule has 0 aromatic carbocycles. The molecular weight excluding hydrogens is 218 g/mol. The Morgan fingerprint density at radius 1 is 1.41 bits per heavy atom. The van der Waals surface area contributed by atoms with Crippen LogP contribution in [0.4, 0.5) is 0 Å². The maximum Gasteiger partial charge on any atom is 0.373 e. The van der Waals surface area contributed by atoms with E-state index in [2.05, 4.69) is 23.9 Å². The lowest BCUT2D eigenvalue weighted by molar-refractivity contribution is 0.0562. The smallest absolute Gasteiger partial charge is 0.373 e. The molecule has 0 amide bonds.